The van der Waals surface area contributed by atoms with E-state index in [0.717, 1.165) is 24.8 Å². The zero-order valence-electron chi connectivity index (χ0n) is 11.3. The van der Waals surface area contributed by atoms with E-state index in [4.69, 9.17) is 0 Å². The Kier molecular flexibility index (Phi) is 7.38. The molecule has 0 aliphatic carbocycles. The fourth-order valence-corrected chi connectivity index (χ4v) is 2.59. The summed E-state index contributed by atoms with van der Waals surface area (Å²) in [5, 5.41) is 3.50. The van der Waals surface area contributed by atoms with Crippen molar-refractivity contribution < 1.29 is 0 Å². The van der Waals surface area contributed by atoms with Crippen molar-refractivity contribution in [3.63, 3.8) is 0 Å². The summed E-state index contributed by atoms with van der Waals surface area (Å²) < 4.78 is 0. The average molecular weight is 251 g/mol. The first-order chi connectivity index (χ1) is 8.20. The second-order valence-electron chi connectivity index (χ2n) is 4.91. The SMILES string of the molecule is Cc1ccccc1CSCCNCCC(C)C. The Hall–Kier alpha value is -0.470. The van der Waals surface area contributed by atoms with Gasteiger partial charge in [0.05, 0.1) is 0 Å². The number of hydrogen-bond acceptors (Lipinski definition) is 2. The minimum Gasteiger partial charge on any atom is -0.316 e. The summed E-state index contributed by atoms with van der Waals surface area (Å²) in [6, 6.07) is 8.66. The number of thioether (sulfide) groups is 1. The van der Waals surface area contributed by atoms with E-state index < -0.39 is 0 Å². The molecule has 1 aromatic rings. The molecule has 0 fully saturated rings. The van der Waals surface area contributed by atoms with Gasteiger partial charge in [-0.3, -0.25) is 0 Å². The standard InChI is InChI=1S/C15H25NS/c1-13(2)8-9-16-10-11-17-12-15-7-5-4-6-14(15)3/h4-7,13,16H,8-12H2,1-3H3. The van der Waals surface area contributed by atoms with Crippen molar-refractivity contribution in [3.05, 3.63) is 35.4 Å². The average Bonchev–Trinajstić information content (AvgIpc) is 2.30. The van der Waals surface area contributed by atoms with Crippen LogP contribution in [-0.2, 0) is 5.75 Å². The molecule has 0 saturated carbocycles. The monoisotopic (exact) mass is 251 g/mol. The van der Waals surface area contributed by atoms with E-state index in [1.807, 2.05) is 11.8 Å². The van der Waals surface area contributed by atoms with Crippen molar-refractivity contribution in [1.29, 1.82) is 0 Å². The van der Waals surface area contributed by atoms with Crippen molar-refractivity contribution in [2.45, 2.75) is 32.9 Å². The van der Waals surface area contributed by atoms with Gasteiger partial charge in [0.15, 0.2) is 0 Å². The van der Waals surface area contributed by atoms with Gasteiger partial charge < -0.3 is 5.32 Å². The number of rotatable bonds is 8. The van der Waals surface area contributed by atoms with Crippen molar-refractivity contribution in [3.8, 4) is 0 Å². The molecule has 0 spiro atoms. The van der Waals surface area contributed by atoms with Gasteiger partial charge in [-0.1, -0.05) is 38.1 Å². The molecule has 1 rings (SSSR count). The number of aryl methyl sites for hydroxylation is 1. The van der Waals surface area contributed by atoms with Crippen LogP contribution < -0.4 is 5.32 Å². The van der Waals surface area contributed by atoms with Crippen LogP contribution in [0.4, 0.5) is 0 Å². The van der Waals surface area contributed by atoms with Gasteiger partial charge in [-0.15, -0.1) is 0 Å². The maximum Gasteiger partial charge on any atom is 0.0187 e. The molecule has 17 heavy (non-hydrogen) atoms. The molecule has 2 heteroatoms. The molecule has 0 atom stereocenters. The van der Waals surface area contributed by atoms with E-state index in [1.54, 1.807) is 0 Å². The lowest BCUT2D eigenvalue weighted by atomic mass is 10.1. The van der Waals surface area contributed by atoms with Gasteiger partial charge in [0.1, 0.15) is 0 Å². The normalized spacial score (nSPS) is 11.1. The van der Waals surface area contributed by atoms with Gasteiger partial charge >= 0.3 is 0 Å². The van der Waals surface area contributed by atoms with Crippen LogP contribution in [0, 0.1) is 12.8 Å². The maximum absolute atomic E-state index is 3.50. The molecule has 0 saturated heterocycles. The van der Waals surface area contributed by atoms with Crippen LogP contribution in [0.1, 0.15) is 31.4 Å². The van der Waals surface area contributed by atoms with Crippen LogP contribution in [0.5, 0.6) is 0 Å². The van der Waals surface area contributed by atoms with E-state index in [0.29, 0.717) is 0 Å². The lowest BCUT2D eigenvalue weighted by molar-refractivity contribution is 0.547. The van der Waals surface area contributed by atoms with Crippen molar-refractivity contribution >= 4 is 11.8 Å². The maximum atomic E-state index is 3.50. The van der Waals surface area contributed by atoms with Crippen LogP contribution >= 0.6 is 11.8 Å². The molecular weight excluding hydrogens is 226 g/mol. The molecule has 0 aromatic heterocycles. The third-order valence-electron chi connectivity index (χ3n) is 2.84. The third-order valence-corrected chi connectivity index (χ3v) is 3.85. The molecular formula is C15H25NS. The first-order valence-electron chi connectivity index (χ1n) is 6.53. The lowest BCUT2D eigenvalue weighted by Gasteiger charge is -2.07. The van der Waals surface area contributed by atoms with E-state index in [-0.39, 0.29) is 0 Å². The molecule has 0 aliphatic heterocycles. The van der Waals surface area contributed by atoms with Gasteiger partial charge in [0, 0.05) is 18.1 Å². The predicted molar refractivity (Wildman–Crippen MR) is 79.7 cm³/mol. The summed E-state index contributed by atoms with van der Waals surface area (Å²) in [7, 11) is 0. The van der Waals surface area contributed by atoms with E-state index in [9.17, 15) is 0 Å². The highest BCUT2D eigenvalue weighted by Gasteiger charge is 1.97. The van der Waals surface area contributed by atoms with Gasteiger partial charge in [-0.05, 0) is 36.9 Å². The summed E-state index contributed by atoms with van der Waals surface area (Å²) in [5.41, 5.74) is 2.88. The molecule has 0 amide bonds. The van der Waals surface area contributed by atoms with Crippen LogP contribution in [0.15, 0.2) is 24.3 Å². The van der Waals surface area contributed by atoms with Crippen molar-refractivity contribution in [2.24, 2.45) is 5.92 Å². The molecule has 0 radical (unpaired) electrons. The Balaban J connectivity index is 2.03. The Morgan fingerprint density at radius 2 is 1.94 bits per heavy atom. The lowest BCUT2D eigenvalue weighted by Crippen LogP contribution is -2.19. The van der Waals surface area contributed by atoms with Gasteiger partial charge in [-0.2, -0.15) is 11.8 Å². The zero-order valence-corrected chi connectivity index (χ0v) is 12.1. The first-order valence-corrected chi connectivity index (χ1v) is 7.68. The Morgan fingerprint density at radius 3 is 2.65 bits per heavy atom. The molecule has 0 aliphatic rings. The topological polar surface area (TPSA) is 12.0 Å². The Morgan fingerprint density at radius 1 is 1.18 bits per heavy atom. The molecule has 0 bridgehead atoms. The number of nitrogens with one attached hydrogen (secondary N) is 1. The highest BCUT2D eigenvalue weighted by molar-refractivity contribution is 7.98. The van der Waals surface area contributed by atoms with Gasteiger partial charge in [-0.25, -0.2) is 0 Å². The van der Waals surface area contributed by atoms with E-state index in [1.165, 1.54) is 23.3 Å². The van der Waals surface area contributed by atoms with Gasteiger partial charge in [0.25, 0.3) is 0 Å². The summed E-state index contributed by atoms with van der Waals surface area (Å²) in [5.74, 6) is 3.15. The highest BCUT2D eigenvalue weighted by atomic mass is 32.2. The Labute approximate surface area is 110 Å². The quantitative estimate of drug-likeness (QED) is 0.704. The number of benzene rings is 1. The molecule has 1 aromatic carbocycles. The second kappa shape index (κ2) is 8.60. The summed E-state index contributed by atoms with van der Waals surface area (Å²) in [6.07, 6.45) is 1.28. The van der Waals surface area contributed by atoms with Crippen LogP contribution in [0.25, 0.3) is 0 Å². The third kappa shape index (κ3) is 6.75. The smallest absolute Gasteiger partial charge is 0.0187 e. The molecule has 0 heterocycles. The second-order valence-corrected chi connectivity index (χ2v) is 6.02. The van der Waals surface area contributed by atoms with Crippen molar-refractivity contribution in [1.82, 2.24) is 5.32 Å². The predicted octanol–water partition coefficient (Wildman–Crippen LogP) is 3.86. The van der Waals surface area contributed by atoms with Gasteiger partial charge in [0.2, 0.25) is 0 Å². The Bertz CT molecular complexity index is 310. The van der Waals surface area contributed by atoms with Crippen molar-refractivity contribution in [2.75, 3.05) is 18.8 Å². The summed E-state index contributed by atoms with van der Waals surface area (Å²) >= 11 is 2.02. The fourth-order valence-electron chi connectivity index (χ4n) is 1.61. The minimum atomic E-state index is 0.808. The first kappa shape index (κ1) is 14.6. The minimum absolute atomic E-state index is 0.808. The summed E-state index contributed by atoms with van der Waals surface area (Å²) in [6.45, 7) is 9.02. The summed E-state index contributed by atoms with van der Waals surface area (Å²) in [4.78, 5) is 0. The highest BCUT2D eigenvalue weighted by Crippen LogP contribution is 2.15. The fraction of sp³-hybridized carbons (Fsp3) is 0.600. The van der Waals surface area contributed by atoms with Crippen LogP contribution in [0.3, 0.4) is 0 Å². The largest absolute Gasteiger partial charge is 0.316 e. The molecule has 0 unspecified atom stereocenters. The van der Waals surface area contributed by atoms with Crippen LogP contribution in [-0.4, -0.2) is 18.8 Å². The molecule has 1 nitrogen and oxygen atoms in total. The molecule has 96 valence electrons. The van der Waals surface area contributed by atoms with E-state index >= 15 is 0 Å². The zero-order chi connectivity index (χ0) is 12.5. The van der Waals surface area contributed by atoms with E-state index in [2.05, 4.69) is 50.4 Å². The van der Waals surface area contributed by atoms with Crippen LogP contribution in [0.2, 0.25) is 0 Å². The number of hydrogen-bond donors (Lipinski definition) is 1. The molecule has 1 N–H and O–H groups in total.